The van der Waals surface area contributed by atoms with Crippen LogP contribution in [0, 0.1) is 0 Å². The zero-order valence-electron chi connectivity index (χ0n) is 12.9. The second-order valence-corrected chi connectivity index (χ2v) is 7.65. The van der Waals surface area contributed by atoms with Crippen molar-refractivity contribution in [1.82, 2.24) is 4.31 Å². The number of sulfonamides is 1. The Morgan fingerprint density at radius 2 is 2.00 bits per heavy atom. The first-order valence-corrected chi connectivity index (χ1v) is 8.83. The summed E-state index contributed by atoms with van der Waals surface area (Å²) in [6.45, 7) is 5.09. The number of aromatic amines is 1. The van der Waals surface area contributed by atoms with Crippen LogP contribution in [0.25, 0.3) is 0 Å². The highest BCUT2D eigenvalue weighted by Gasteiger charge is 2.29. The molecule has 0 bridgehead atoms. The van der Waals surface area contributed by atoms with Crippen molar-refractivity contribution in [1.29, 1.82) is 0 Å². The molecule has 1 aliphatic rings. The van der Waals surface area contributed by atoms with E-state index in [1.165, 1.54) is 10.5 Å². The SMILES string of the molecule is CC(C)N(CC(N)=O)c1ccc(S(=O)(=O)N2CCCC2)c[nH+]1. The van der Waals surface area contributed by atoms with Gasteiger partial charge in [-0.2, -0.15) is 4.31 Å². The molecule has 7 nitrogen and oxygen atoms in total. The van der Waals surface area contributed by atoms with E-state index in [4.69, 9.17) is 5.73 Å². The summed E-state index contributed by atoms with van der Waals surface area (Å²) in [5, 5.41) is 0. The van der Waals surface area contributed by atoms with Crippen LogP contribution in [0.1, 0.15) is 26.7 Å². The van der Waals surface area contributed by atoms with Crippen molar-refractivity contribution in [3.63, 3.8) is 0 Å². The standard InChI is InChI=1S/C14H22N4O3S/c1-11(2)18(10-13(15)19)14-6-5-12(9-16-14)22(20,21)17-7-3-4-8-17/h5-6,9,11H,3-4,7-8,10H2,1-2H3,(H2,15,19)/p+1. The number of aromatic nitrogens is 1. The van der Waals surface area contributed by atoms with Gasteiger partial charge in [-0.25, -0.2) is 13.4 Å². The number of hydrogen-bond donors (Lipinski definition) is 1. The Labute approximate surface area is 131 Å². The Hall–Kier alpha value is -1.67. The highest BCUT2D eigenvalue weighted by Crippen LogP contribution is 2.20. The van der Waals surface area contributed by atoms with E-state index in [0.29, 0.717) is 18.9 Å². The molecule has 0 saturated carbocycles. The van der Waals surface area contributed by atoms with E-state index < -0.39 is 15.9 Å². The fourth-order valence-electron chi connectivity index (χ4n) is 2.53. The van der Waals surface area contributed by atoms with Gasteiger partial charge in [-0.3, -0.25) is 9.69 Å². The van der Waals surface area contributed by atoms with Crippen LogP contribution in [0.15, 0.2) is 23.2 Å². The third-order valence-electron chi connectivity index (χ3n) is 3.73. The molecule has 0 radical (unpaired) electrons. The highest BCUT2D eigenvalue weighted by molar-refractivity contribution is 7.89. The maximum absolute atomic E-state index is 12.4. The van der Waals surface area contributed by atoms with Gasteiger partial charge in [0.1, 0.15) is 11.1 Å². The van der Waals surface area contributed by atoms with Crippen molar-refractivity contribution in [2.45, 2.75) is 37.6 Å². The molecule has 1 saturated heterocycles. The van der Waals surface area contributed by atoms with Crippen molar-refractivity contribution >= 4 is 21.7 Å². The van der Waals surface area contributed by atoms with Crippen LogP contribution in [0.2, 0.25) is 0 Å². The van der Waals surface area contributed by atoms with Crippen LogP contribution in [-0.4, -0.2) is 44.3 Å². The molecule has 0 aromatic carbocycles. The Morgan fingerprint density at radius 1 is 1.36 bits per heavy atom. The Kier molecular flexibility index (Phi) is 5.02. The number of carbonyl (C=O) groups excluding carboxylic acids is 1. The lowest BCUT2D eigenvalue weighted by Gasteiger charge is -2.19. The van der Waals surface area contributed by atoms with E-state index in [2.05, 4.69) is 4.98 Å². The van der Waals surface area contributed by atoms with Crippen LogP contribution < -0.4 is 15.6 Å². The summed E-state index contributed by atoms with van der Waals surface area (Å²) < 4.78 is 26.4. The Bertz CT molecular complexity index is 622. The molecule has 1 aliphatic heterocycles. The average Bonchev–Trinajstić information content (AvgIpc) is 2.99. The molecule has 1 amide bonds. The summed E-state index contributed by atoms with van der Waals surface area (Å²) >= 11 is 0. The molecule has 2 rings (SSSR count). The molecule has 0 spiro atoms. The van der Waals surface area contributed by atoms with E-state index in [0.717, 1.165) is 12.8 Å². The molecule has 0 atom stereocenters. The number of nitrogens with zero attached hydrogens (tertiary/aromatic N) is 2. The number of rotatable bonds is 6. The number of nitrogens with one attached hydrogen (secondary N) is 1. The van der Waals surface area contributed by atoms with Crippen LogP contribution >= 0.6 is 0 Å². The second kappa shape index (κ2) is 6.62. The van der Waals surface area contributed by atoms with E-state index >= 15 is 0 Å². The molecule has 1 aromatic heterocycles. The van der Waals surface area contributed by atoms with Gasteiger partial charge in [-0.1, -0.05) is 0 Å². The number of pyridine rings is 1. The van der Waals surface area contributed by atoms with Crippen molar-refractivity contribution in [2.75, 3.05) is 24.5 Å². The van der Waals surface area contributed by atoms with Gasteiger partial charge in [-0.05, 0) is 32.8 Å². The predicted molar refractivity (Wildman–Crippen MR) is 82.7 cm³/mol. The van der Waals surface area contributed by atoms with Crippen molar-refractivity contribution in [2.24, 2.45) is 5.73 Å². The third kappa shape index (κ3) is 3.56. The normalized spacial score (nSPS) is 16.1. The molecule has 3 N–H and O–H groups in total. The fourth-order valence-corrected chi connectivity index (χ4v) is 4.02. The molecular weight excluding hydrogens is 304 g/mol. The van der Waals surface area contributed by atoms with Crippen LogP contribution in [0.5, 0.6) is 0 Å². The first-order valence-electron chi connectivity index (χ1n) is 7.39. The molecule has 122 valence electrons. The Balaban J connectivity index is 2.23. The van der Waals surface area contributed by atoms with E-state index in [-0.39, 0.29) is 17.5 Å². The number of anilines is 1. The summed E-state index contributed by atoms with van der Waals surface area (Å²) in [6, 6.07) is 3.30. The molecular formula is C14H23N4O3S+. The predicted octanol–water partition coefficient (Wildman–Crippen LogP) is -0.0147. The zero-order chi connectivity index (χ0) is 16.3. The van der Waals surface area contributed by atoms with Gasteiger partial charge in [0.15, 0.2) is 6.54 Å². The van der Waals surface area contributed by atoms with Gasteiger partial charge in [-0.15, -0.1) is 0 Å². The van der Waals surface area contributed by atoms with E-state index in [1.807, 2.05) is 13.8 Å². The summed E-state index contributed by atoms with van der Waals surface area (Å²) in [5.74, 6) is 0.227. The summed E-state index contributed by atoms with van der Waals surface area (Å²) in [5.41, 5.74) is 5.25. The van der Waals surface area contributed by atoms with E-state index in [9.17, 15) is 13.2 Å². The lowest BCUT2D eigenvalue weighted by atomic mass is 10.3. The first kappa shape index (κ1) is 16.7. The van der Waals surface area contributed by atoms with Gasteiger partial charge in [0.25, 0.3) is 11.7 Å². The van der Waals surface area contributed by atoms with Gasteiger partial charge >= 0.3 is 0 Å². The minimum atomic E-state index is -3.43. The summed E-state index contributed by atoms with van der Waals surface area (Å²) in [6.07, 6.45) is 3.28. The molecule has 0 aliphatic carbocycles. The molecule has 1 fully saturated rings. The van der Waals surface area contributed by atoms with Crippen molar-refractivity contribution in [3.8, 4) is 0 Å². The number of amides is 1. The van der Waals surface area contributed by atoms with Gasteiger partial charge in [0.2, 0.25) is 10.0 Å². The minimum Gasteiger partial charge on any atom is -0.366 e. The molecule has 2 heterocycles. The molecule has 8 heteroatoms. The van der Waals surface area contributed by atoms with E-state index in [1.54, 1.807) is 17.0 Å². The van der Waals surface area contributed by atoms with Gasteiger partial charge in [0.05, 0.1) is 6.04 Å². The van der Waals surface area contributed by atoms with Gasteiger partial charge in [0, 0.05) is 19.2 Å². The van der Waals surface area contributed by atoms with Crippen LogP contribution in [0.3, 0.4) is 0 Å². The topological polar surface area (TPSA) is 97.8 Å². The number of carbonyl (C=O) groups is 1. The smallest absolute Gasteiger partial charge is 0.275 e. The minimum absolute atomic E-state index is 0.0600. The quantitative estimate of drug-likeness (QED) is 0.794. The lowest BCUT2D eigenvalue weighted by molar-refractivity contribution is -0.367. The maximum Gasteiger partial charge on any atom is 0.275 e. The van der Waals surface area contributed by atoms with Crippen LogP contribution in [0.4, 0.5) is 5.82 Å². The fraction of sp³-hybridized carbons (Fsp3) is 0.571. The molecule has 22 heavy (non-hydrogen) atoms. The number of hydrogen-bond acceptors (Lipinski definition) is 4. The molecule has 1 aromatic rings. The maximum atomic E-state index is 12.4. The number of nitrogens with two attached hydrogens (primary N) is 1. The monoisotopic (exact) mass is 327 g/mol. The summed E-state index contributed by atoms with van der Waals surface area (Å²) in [4.78, 5) is 16.1. The number of primary amides is 1. The largest absolute Gasteiger partial charge is 0.366 e. The average molecular weight is 327 g/mol. The zero-order valence-corrected chi connectivity index (χ0v) is 13.8. The third-order valence-corrected chi connectivity index (χ3v) is 5.62. The first-order chi connectivity index (χ1) is 10.3. The van der Waals surface area contributed by atoms with Gasteiger partial charge < -0.3 is 5.73 Å². The van der Waals surface area contributed by atoms with Crippen molar-refractivity contribution in [3.05, 3.63) is 18.3 Å². The lowest BCUT2D eigenvalue weighted by Crippen LogP contribution is -2.41. The number of H-pyrrole nitrogens is 1. The second-order valence-electron chi connectivity index (χ2n) is 5.71. The van der Waals surface area contributed by atoms with Crippen molar-refractivity contribution < 1.29 is 18.2 Å². The Morgan fingerprint density at radius 3 is 2.45 bits per heavy atom. The highest BCUT2D eigenvalue weighted by atomic mass is 32.2. The summed E-state index contributed by atoms with van der Waals surface area (Å²) in [7, 11) is -3.43. The molecule has 0 unspecified atom stereocenters. The van der Waals surface area contributed by atoms with Crippen LogP contribution in [-0.2, 0) is 14.8 Å².